The number of fused-ring (bicyclic) bond motifs is 1. The summed E-state index contributed by atoms with van der Waals surface area (Å²) >= 11 is 0. The van der Waals surface area contributed by atoms with Gasteiger partial charge in [-0.05, 0) is 71.7 Å². The zero-order chi connectivity index (χ0) is 30.4. The van der Waals surface area contributed by atoms with Crippen LogP contribution in [0.4, 0.5) is 22.9 Å². The highest BCUT2D eigenvalue weighted by molar-refractivity contribution is 6.09. The van der Waals surface area contributed by atoms with E-state index in [9.17, 15) is 14.7 Å². The van der Waals surface area contributed by atoms with Crippen LogP contribution in [0.25, 0.3) is 11.1 Å². The summed E-state index contributed by atoms with van der Waals surface area (Å²) in [6.07, 6.45) is 6.70. The highest BCUT2D eigenvalue weighted by Gasteiger charge is 2.40. The number of anilines is 4. The summed E-state index contributed by atoms with van der Waals surface area (Å²) in [4.78, 5) is 35.5. The van der Waals surface area contributed by atoms with Crippen molar-refractivity contribution in [3.05, 3.63) is 99.6 Å². The van der Waals surface area contributed by atoms with E-state index in [1.807, 2.05) is 36.4 Å². The molecule has 0 spiro atoms. The summed E-state index contributed by atoms with van der Waals surface area (Å²) < 4.78 is 6.96. The molecule has 9 nitrogen and oxygen atoms in total. The molecule has 1 saturated carbocycles. The van der Waals surface area contributed by atoms with Crippen molar-refractivity contribution in [3.63, 3.8) is 0 Å². The Balaban J connectivity index is 1.18. The summed E-state index contributed by atoms with van der Waals surface area (Å²) in [5.74, 6) is 0.504. The molecule has 44 heavy (non-hydrogen) atoms. The SMILES string of the molecule is Cn1cc(-c2cccc(N3CCc4cc(C5(C)CC5)ccc4C3=O)c2CO)cc(Nc2ccc(N3CCOCC3)cn2)c1=O. The number of hydrogen-bond donors (Lipinski definition) is 2. The van der Waals surface area contributed by atoms with Crippen molar-refractivity contribution in [1.82, 2.24) is 9.55 Å². The highest BCUT2D eigenvalue weighted by Crippen LogP contribution is 2.48. The first kappa shape index (κ1) is 28.3. The Labute approximate surface area is 256 Å². The molecule has 226 valence electrons. The largest absolute Gasteiger partial charge is 0.392 e. The topological polar surface area (TPSA) is 99.9 Å². The van der Waals surface area contributed by atoms with Gasteiger partial charge in [-0.1, -0.05) is 31.2 Å². The van der Waals surface area contributed by atoms with Gasteiger partial charge in [-0.3, -0.25) is 9.59 Å². The predicted octanol–water partition coefficient (Wildman–Crippen LogP) is 4.77. The molecule has 2 aliphatic heterocycles. The summed E-state index contributed by atoms with van der Waals surface area (Å²) in [5, 5.41) is 13.8. The van der Waals surface area contributed by atoms with E-state index in [-0.39, 0.29) is 23.5 Å². The number of carbonyl (C=O) groups is 1. The van der Waals surface area contributed by atoms with Crippen LogP contribution in [0.3, 0.4) is 0 Å². The fraction of sp³-hybridized carbons (Fsp3) is 0.343. The van der Waals surface area contributed by atoms with Crippen molar-refractivity contribution in [2.75, 3.05) is 48.0 Å². The number of benzene rings is 2. The lowest BCUT2D eigenvalue weighted by molar-refractivity contribution is 0.0980. The van der Waals surface area contributed by atoms with E-state index >= 15 is 0 Å². The molecule has 2 fully saturated rings. The average Bonchev–Trinajstić information content (AvgIpc) is 3.82. The number of nitrogens with one attached hydrogen (secondary N) is 1. The molecule has 4 heterocycles. The molecule has 1 amide bonds. The number of ether oxygens (including phenoxy) is 1. The van der Waals surface area contributed by atoms with E-state index in [2.05, 4.69) is 34.3 Å². The fourth-order valence-electron chi connectivity index (χ4n) is 6.39. The third-order valence-electron chi connectivity index (χ3n) is 9.36. The number of aryl methyl sites for hydroxylation is 1. The Bertz CT molecular complexity index is 1790. The molecule has 9 heteroatoms. The first-order valence-corrected chi connectivity index (χ1v) is 15.3. The number of nitrogens with zero attached hydrogens (tertiary/aromatic N) is 4. The Morgan fingerprint density at radius 2 is 1.82 bits per heavy atom. The molecule has 0 radical (unpaired) electrons. The lowest BCUT2D eigenvalue weighted by atomic mass is 9.90. The third kappa shape index (κ3) is 5.16. The van der Waals surface area contributed by atoms with Crippen LogP contribution in [-0.4, -0.2) is 53.4 Å². The van der Waals surface area contributed by atoms with Gasteiger partial charge >= 0.3 is 0 Å². The van der Waals surface area contributed by atoms with E-state index in [1.165, 1.54) is 23.0 Å². The zero-order valence-corrected chi connectivity index (χ0v) is 25.2. The molecular weight excluding hydrogens is 554 g/mol. The van der Waals surface area contributed by atoms with Crippen LogP contribution in [0.1, 0.15) is 46.8 Å². The van der Waals surface area contributed by atoms with Crippen LogP contribution < -0.4 is 20.7 Å². The molecule has 2 N–H and O–H groups in total. The van der Waals surface area contributed by atoms with Gasteiger partial charge in [-0.25, -0.2) is 4.98 Å². The van der Waals surface area contributed by atoms with Crippen LogP contribution in [0.15, 0.2) is 71.8 Å². The van der Waals surface area contributed by atoms with Crippen LogP contribution in [0, 0.1) is 0 Å². The van der Waals surface area contributed by atoms with Crippen molar-refractivity contribution < 1.29 is 14.6 Å². The predicted molar refractivity (Wildman–Crippen MR) is 172 cm³/mol. The maximum atomic E-state index is 13.8. The number of pyridine rings is 2. The van der Waals surface area contributed by atoms with Gasteiger partial charge in [0.15, 0.2) is 0 Å². The van der Waals surface area contributed by atoms with Gasteiger partial charge in [0.2, 0.25) is 0 Å². The van der Waals surface area contributed by atoms with Crippen molar-refractivity contribution in [3.8, 4) is 11.1 Å². The Hall–Kier alpha value is -4.47. The molecule has 2 aromatic carbocycles. The van der Waals surface area contributed by atoms with Crippen molar-refractivity contribution >= 4 is 28.8 Å². The number of aliphatic hydroxyl groups excluding tert-OH is 1. The van der Waals surface area contributed by atoms with Gasteiger partial charge in [0.25, 0.3) is 11.5 Å². The first-order chi connectivity index (χ1) is 21.3. The van der Waals surface area contributed by atoms with Gasteiger partial charge in [0, 0.05) is 49.6 Å². The lowest BCUT2D eigenvalue weighted by Gasteiger charge is -2.31. The second-order valence-corrected chi connectivity index (χ2v) is 12.3. The van der Waals surface area contributed by atoms with Gasteiger partial charge in [0.05, 0.1) is 37.4 Å². The summed E-state index contributed by atoms with van der Waals surface area (Å²) in [6.45, 7) is 5.59. The number of morpholine rings is 1. The van der Waals surface area contributed by atoms with E-state index in [0.29, 0.717) is 42.5 Å². The molecule has 1 aliphatic carbocycles. The van der Waals surface area contributed by atoms with Crippen molar-refractivity contribution in [2.45, 2.75) is 38.2 Å². The van der Waals surface area contributed by atoms with Gasteiger partial charge in [0.1, 0.15) is 11.5 Å². The second-order valence-electron chi connectivity index (χ2n) is 12.3. The maximum absolute atomic E-state index is 13.8. The van der Waals surface area contributed by atoms with Crippen LogP contribution in [0.2, 0.25) is 0 Å². The molecule has 0 unspecified atom stereocenters. The van der Waals surface area contributed by atoms with E-state index in [1.54, 1.807) is 30.4 Å². The maximum Gasteiger partial charge on any atom is 0.274 e. The smallest absolute Gasteiger partial charge is 0.274 e. The minimum Gasteiger partial charge on any atom is -0.392 e. The van der Waals surface area contributed by atoms with Crippen molar-refractivity contribution in [1.29, 1.82) is 0 Å². The van der Waals surface area contributed by atoms with Crippen molar-refractivity contribution in [2.24, 2.45) is 7.05 Å². The molecular formula is C35H37N5O4. The highest BCUT2D eigenvalue weighted by atomic mass is 16.5. The van der Waals surface area contributed by atoms with E-state index < -0.39 is 0 Å². The normalized spacial score (nSPS) is 17.4. The first-order valence-electron chi connectivity index (χ1n) is 15.3. The monoisotopic (exact) mass is 591 g/mol. The number of aromatic nitrogens is 2. The van der Waals surface area contributed by atoms with Gasteiger partial charge in [-0.15, -0.1) is 0 Å². The quantitative estimate of drug-likeness (QED) is 0.319. The molecule has 4 aromatic rings. The standard InChI is InChI=1S/C35H37N5O4/c1-35(11-12-35)25-6-8-28-23(18-25)10-13-40(33(28)42)31-5-3-4-27(29(31)22-41)24-19-30(34(43)38(2)21-24)37-32-9-7-26(20-36-32)39-14-16-44-17-15-39/h3-9,18-21,41H,10-17,22H2,1-2H3,(H,36,37). The van der Waals surface area contributed by atoms with E-state index in [0.717, 1.165) is 47.5 Å². The summed E-state index contributed by atoms with van der Waals surface area (Å²) in [7, 11) is 1.70. The number of aliphatic hydroxyl groups is 1. The fourth-order valence-corrected chi connectivity index (χ4v) is 6.39. The molecule has 3 aliphatic rings. The van der Waals surface area contributed by atoms with Crippen LogP contribution in [-0.2, 0) is 30.2 Å². The Morgan fingerprint density at radius 1 is 1.00 bits per heavy atom. The average molecular weight is 592 g/mol. The molecule has 0 bridgehead atoms. The lowest BCUT2D eigenvalue weighted by Crippen LogP contribution is -2.38. The zero-order valence-electron chi connectivity index (χ0n) is 25.2. The Morgan fingerprint density at radius 3 is 2.55 bits per heavy atom. The minimum absolute atomic E-state index is 0.0555. The number of carbonyl (C=O) groups excluding carboxylic acids is 1. The van der Waals surface area contributed by atoms with Gasteiger partial charge in [-0.2, -0.15) is 0 Å². The molecule has 7 rings (SSSR count). The van der Waals surface area contributed by atoms with Crippen LogP contribution in [0.5, 0.6) is 0 Å². The number of rotatable bonds is 7. The van der Waals surface area contributed by atoms with E-state index in [4.69, 9.17) is 4.74 Å². The third-order valence-corrected chi connectivity index (χ3v) is 9.36. The van der Waals surface area contributed by atoms with Crippen LogP contribution >= 0.6 is 0 Å². The Kier molecular flexibility index (Phi) is 7.22. The second kappa shape index (κ2) is 11.2. The molecule has 2 aromatic heterocycles. The molecule has 0 atom stereocenters. The summed E-state index contributed by atoms with van der Waals surface area (Å²) in [6, 6.07) is 17.6. The summed E-state index contributed by atoms with van der Waals surface area (Å²) in [5.41, 5.74) is 7.40. The number of amides is 1. The number of hydrogen-bond acceptors (Lipinski definition) is 7. The van der Waals surface area contributed by atoms with Gasteiger partial charge < -0.3 is 29.5 Å². The minimum atomic E-state index is -0.254. The molecule has 1 saturated heterocycles.